The summed E-state index contributed by atoms with van der Waals surface area (Å²) < 4.78 is 5.18. The minimum Gasteiger partial charge on any atom is -0.497 e. The van der Waals surface area contributed by atoms with Crippen LogP contribution >= 0.6 is 0 Å². The summed E-state index contributed by atoms with van der Waals surface area (Å²) in [6.45, 7) is 2.09. The molecule has 6 nitrogen and oxygen atoms in total. The third-order valence-electron chi connectivity index (χ3n) is 4.85. The number of carbonyl (C=O) groups excluding carboxylic acids is 1. The molecule has 3 aromatic rings. The Bertz CT molecular complexity index is 949. The van der Waals surface area contributed by atoms with Crippen molar-refractivity contribution in [2.45, 2.75) is 12.8 Å². The Morgan fingerprint density at radius 2 is 1.79 bits per heavy atom. The number of carbonyl (C=O) groups is 1. The van der Waals surface area contributed by atoms with Gasteiger partial charge in [-0.2, -0.15) is 0 Å². The van der Waals surface area contributed by atoms with Crippen LogP contribution in [0.5, 0.6) is 5.75 Å². The maximum absolute atomic E-state index is 12.5. The Morgan fingerprint density at radius 1 is 1.00 bits per heavy atom. The molecule has 1 N–H and O–H groups in total. The van der Waals surface area contributed by atoms with Crippen LogP contribution in [0.2, 0.25) is 0 Å². The molecule has 0 spiro atoms. The van der Waals surface area contributed by atoms with Crippen molar-refractivity contribution in [2.75, 3.05) is 30.4 Å². The SMILES string of the molecule is COc1cccc(NC(=O)c2ccc(-c3ccc(N4CCCC4)nn3)cc2)c1. The summed E-state index contributed by atoms with van der Waals surface area (Å²) in [5.74, 6) is 1.45. The van der Waals surface area contributed by atoms with Crippen LogP contribution in [0.3, 0.4) is 0 Å². The standard InChI is InChI=1S/C22H22N4O2/c1-28-19-6-4-5-18(15-19)23-22(27)17-9-7-16(8-10-17)20-11-12-21(25-24-20)26-13-2-3-14-26/h4-12,15H,2-3,13-14H2,1H3,(H,23,27). The van der Waals surface area contributed by atoms with Crippen LogP contribution in [0.15, 0.2) is 60.7 Å². The van der Waals surface area contributed by atoms with Crippen molar-refractivity contribution in [3.63, 3.8) is 0 Å². The van der Waals surface area contributed by atoms with E-state index in [1.165, 1.54) is 12.8 Å². The molecule has 0 saturated carbocycles. The van der Waals surface area contributed by atoms with Gasteiger partial charge in [0.25, 0.3) is 5.91 Å². The van der Waals surface area contributed by atoms with E-state index in [0.717, 1.165) is 30.2 Å². The number of aromatic nitrogens is 2. The van der Waals surface area contributed by atoms with E-state index < -0.39 is 0 Å². The molecule has 1 fully saturated rings. The lowest BCUT2D eigenvalue weighted by Gasteiger charge is -2.15. The third kappa shape index (κ3) is 3.96. The van der Waals surface area contributed by atoms with Crippen LogP contribution in [0.4, 0.5) is 11.5 Å². The minimum atomic E-state index is -0.171. The molecule has 0 radical (unpaired) electrons. The molecule has 1 amide bonds. The number of ether oxygens (including phenoxy) is 1. The average Bonchev–Trinajstić information content (AvgIpc) is 3.29. The van der Waals surface area contributed by atoms with Crippen LogP contribution in [-0.4, -0.2) is 36.3 Å². The van der Waals surface area contributed by atoms with E-state index in [9.17, 15) is 4.79 Å². The highest BCUT2D eigenvalue weighted by Crippen LogP contribution is 2.22. The van der Waals surface area contributed by atoms with E-state index in [2.05, 4.69) is 20.4 Å². The Morgan fingerprint density at radius 3 is 2.46 bits per heavy atom. The van der Waals surface area contributed by atoms with Crippen molar-refractivity contribution < 1.29 is 9.53 Å². The number of methoxy groups -OCH3 is 1. The van der Waals surface area contributed by atoms with Gasteiger partial charge in [-0.25, -0.2) is 0 Å². The molecule has 1 saturated heterocycles. The topological polar surface area (TPSA) is 67.3 Å². The van der Waals surface area contributed by atoms with Gasteiger partial charge >= 0.3 is 0 Å². The van der Waals surface area contributed by atoms with Crippen LogP contribution in [0.1, 0.15) is 23.2 Å². The van der Waals surface area contributed by atoms with Gasteiger partial charge < -0.3 is 15.0 Å². The summed E-state index contributed by atoms with van der Waals surface area (Å²) in [6.07, 6.45) is 2.42. The van der Waals surface area contributed by atoms with Gasteiger partial charge in [0.2, 0.25) is 0 Å². The first kappa shape index (κ1) is 18.0. The van der Waals surface area contributed by atoms with Gasteiger partial charge in [-0.1, -0.05) is 18.2 Å². The quantitative estimate of drug-likeness (QED) is 0.731. The van der Waals surface area contributed by atoms with Crippen molar-refractivity contribution in [3.05, 3.63) is 66.2 Å². The van der Waals surface area contributed by atoms with Crippen molar-refractivity contribution in [1.29, 1.82) is 0 Å². The van der Waals surface area contributed by atoms with Crippen LogP contribution in [0, 0.1) is 0 Å². The predicted molar refractivity (Wildman–Crippen MR) is 110 cm³/mol. The first-order valence-corrected chi connectivity index (χ1v) is 9.37. The minimum absolute atomic E-state index is 0.171. The summed E-state index contributed by atoms with van der Waals surface area (Å²) in [6, 6.07) is 18.6. The molecule has 6 heteroatoms. The molecular weight excluding hydrogens is 352 g/mol. The lowest BCUT2D eigenvalue weighted by molar-refractivity contribution is 0.102. The van der Waals surface area contributed by atoms with Gasteiger partial charge in [0.05, 0.1) is 12.8 Å². The van der Waals surface area contributed by atoms with Crippen LogP contribution in [-0.2, 0) is 0 Å². The van der Waals surface area contributed by atoms with Crippen LogP contribution < -0.4 is 15.0 Å². The number of rotatable bonds is 5. The predicted octanol–water partition coefficient (Wildman–Crippen LogP) is 4.00. The second-order valence-electron chi connectivity index (χ2n) is 6.73. The highest BCUT2D eigenvalue weighted by atomic mass is 16.5. The van der Waals surface area contributed by atoms with E-state index in [-0.39, 0.29) is 5.91 Å². The molecule has 0 unspecified atom stereocenters. The Kier molecular flexibility index (Phi) is 5.19. The lowest BCUT2D eigenvalue weighted by Crippen LogP contribution is -2.19. The van der Waals surface area contributed by atoms with Gasteiger partial charge in [0.1, 0.15) is 5.75 Å². The summed E-state index contributed by atoms with van der Waals surface area (Å²) >= 11 is 0. The zero-order valence-electron chi connectivity index (χ0n) is 15.8. The van der Waals surface area contributed by atoms with Gasteiger partial charge in [-0.3, -0.25) is 4.79 Å². The van der Waals surface area contributed by atoms with Crippen molar-refractivity contribution >= 4 is 17.4 Å². The van der Waals surface area contributed by atoms with Crippen LogP contribution in [0.25, 0.3) is 11.3 Å². The normalized spacial score (nSPS) is 13.4. The summed E-state index contributed by atoms with van der Waals surface area (Å²) in [7, 11) is 1.60. The second kappa shape index (κ2) is 8.08. The molecule has 0 atom stereocenters. The zero-order chi connectivity index (χ0) is 19.3. The van der Waals surface area contributed by atoms with E-state index in [1.54, 1.807) is 25.3 Å². The molecule has 2 heterocycles. The molecule has 28 heavy (non-hydrogen) atoms. The number of benzene rings is 2. The first-order valence-electron chi connectivity index (χ1n) is 9.37. The summed E-state index contributed by atoms with van der Waals surface area (Å²) in [5, 5.41) is 11.6. The van der Waals surface area contributed by atoms with Gasteiger partial charge in [-0.05, 0) is 49.2 Å². The fraction of sp³-hybridized carbons (Fsp3) is 0.227. The van der Waals surface area contributed by atoms with Gasteiger partial charge in [0, 0.05) is 36.0 Å². The number of amides is 1. The Hall–Kier alpha value is -3.41. The number of hydrogen-bond acceptors (Lipinski definition) is 5. The fourth-order valence-corrected chi connectivity index (χ4v) is 3.29. The fourth-order valence-electron chi connectivity index (χ4n) is 3.29. The lowest BCUT2D eigenvalue weighted by atomic mass is 10.1. The molecule has 142 valence electrons. The summed E-state index contributed by atoms with van der Waals surface area (Å²) in [5.41, 5.74) is 2.99. The first-order chi connectivity index (χ1) is 13.7. The van der Waals surface area contributed by atoms with Crippen molar-refractivity contribution in [1.82, 2.24) is 10.2 Å². The molecule has 1 aliphatic rings. The largest absolute Gasteiger partial charge is 0.497 e. The molecule has 2 aromatic carbocycles. The van der Waals surface area contributed by atoms with E-state index >= 15 is 0 Å². The molecule has 4 rings (SSSR count). The third-order valence-corrected chi connectivity index (χ3v) is 4.85. The second-order valence-corrected chi connectivity index (χ2v) is 6.73. The highest BCUT2D eigenvalue weighted by molar-refractivity contribution is 6.04. The smallest absolute Gasteiger partial charge is 0.255 e. The van der Waals surface area contributed by atoms with E-state index in [1.807, 2.05) is 42.5 Å². The number of anilines is 2. The summed E-state index contributed by atoms with van der Waals surface area (Å²) in [4.78, 5) is 14.7. The number of nitrogens with zero attached hydrogens (tertiary/aromatic N) is 3. The Labute approximate surface area is 164 Å². The molecule has 0 aliphatic carbocycles. The van der Waals surface area contributed by atoms with E-state index in [0.29, 0.717) is 17.0 Å². The number of nitrogens with one attached hydrogen (secondary N) is 1. The number of hydrogen-bond donors (Lipinski definition) is 1. The van der Waals surface area contributed by atoms with Crippen molar-refractivity contribution in [3.8, 4) is 17.0 Å². The molecule has 1 aromatic heterocycles. The van der Waals surface area contributed by atoms with E-state index in [4.69, 9.17) is 4.74 Å². The van der Waals surface area contributed by atoms with Gasteiger partial charge in [0.15, 0.2) is 5.82 Å². The monoisotopic (exact) mass is 374 g/mol. The maximum atomic E-state index is 12.5. The zero-order valence-corrected chi connectivity index (χ0v) is 15.8. The average molecular weight is 374 g/mol. The molecule has 1 aliphatic heterocycles. The molecular formula is C22H22N4O2. The van der Waals surface area contributed by atoms with Crippen molar-refractivity contribution in [2.24, 2.45) is 0 Å². The molecule has 0 bridgehead atoms. The Balaban J connectivity index is 1.45. The van der Waals surface area contributed by atoms with Gasteiger partial charge in [-0.15, -0.1) is 10.2 Å². The highest BCUT2D eigenvalue weighted by Gasteiger charge is 2.14. The maximum Gasteiger partial charge on any atom is 0.255 e.